The molecule has 1 heterocycles. The number of nitriles is 1. The van der Waals surface area contributed by atoms with E-state index >= 15 is 0 Å². The molecule has 0 saturated carbocycles. The quantitative estimate of drug-likeness (QED) is 0.618. The van der Waals surface area contributed by atoms with Crippen LogP contribution < -0.4 is 4.90 Å². The van der Waals surface area contributed by atoms with Gasteiger partial charge in [-0.15, -0.1) is 0 Å². The van der Waals surface area contributed by atoms with Gasteiger partial charge in [0, 0.05) is 5.69 Å². The van der Waals surface area contributed by atoms with Crippen molar-refractivity contribution in [2.24, 2.45) is 5.92 Å². The van der Waals surface area contributed by atoms with Crippen LogP contribution >= 0.6 is 0 Å². The minimum Gasteiger partial charge on any atom is -0.303 e. The molecule has 7 heteroatoms. The number of carbonyl (C=O) groups excluding carboxylic acids is 2. The van der Waals surface area contributed by atoms with Crippen molar-refractivity contribution < 1.29 is 22.8 Å². The van der Waals surface area contributed by atoms with E-state index in [2.05, 4.69) is 0 Å². The highest BCUT2D eigenvalue weighted by molar-refractivity contribution is 6.15. The van der Waals surface area contributed by atoms with Gasteiger partial charge in [0.15, 0.2) is 0 Å². The van der Waals surface area contributed by atoms with Gasteiger partial charge in [-0.05, 0) is 30.7 Å². The SMILES string of the molecule is CC(=O)[C@@H]1C(=O)N(c2ccc(C#N)c(C(F)(F)F)c2)[C@H]1c1ccccc1. The number of hydrogen-bond acceptors (Lipinski definition) is 3. The zero-order valence-corrected chi connectivity index (χ0v) is 13.6. The molecule has 0 aliphatic carbocycles. The van der Waals surface area contributed by atoms with Gasteiger partial charge in [0.1, 0.15) is 11.7 Å². The average molecular weight is 358 g/mol. The van der Waals surface area contributed by atoms with Crippen LogP contribution in [0.3, 0.4) is 0 Å². The maximum absolute atomic E-state index is 13.2. The van der Waals surface area contributed by atoms with Crippen molar-refractivity contribution in [1.29, 1.82) is 5.26 Å². The lowest BCUT2D eigenvalue weighted by Gasteiger charge is -2.46. The van der Waals surface area contributed by atoms with Crippen molar-refractivity contribution in [2.45, 2.75) is 19.1 Å². The van der Waals surface area contributed by atoms with E-state index in [0.717, 1.165) is 12.1 Å². The molecule has 1 aliphatic rings. The minimum absolute atomic E-state index is 0.00711. The number of ketones is 1. The Bertz CT molecular complexity index is 917. The topological polar surface area (TPSA) is 61.2 Å². The minimum atomic E-state index is -4.72. The molecule has 2 atom stereocenters. The molecule has 4 nitrogen and oxygen atoms in total. The fourth-order valence-electron chi connectivity index (χ4n) is 3.18. The van der Waals surface area contributed by atoms with Crippen LogP contribution in [0.25, 0.3) is 0 Å². The second-order valence-electron chi connectivity index (χ2n) is 5.99. The zero-order valence-electron chi connectivity index (χ0n) is 13.6. The molecule has 2 aromatic rings. The molecule has 132 valence electrons. The van der Waals surface area contributed by atoms with E-state index < -0.39 is 35.2 Å². The highest BCUT2D eigenvalue weighted by Gasteiger charge is 2.51. The van der Waals surface area contributed by atoms with Crippen molar-refractivity contribution in [3.63, 3.8) is 0 Å². The van der Waals surface area contributed by atoms with Crippen LogP contribution in [0.5, 0.6) is 0 Å². The molecule has 26 heavy (non-hydrogen) atoms. The van der Waals surface area contributed by atoms with Crippen LogP contribution in [0.1, 0.15) is 29.7 Å². The number of nitrogens with zero attached hydrogens (tertiary/aromatic N) is 2. The molecule has 2 aromatic carbocycles. The Morgan fingerprint density at radius 1 is 1.15 bits per heavy atom. The van der Waals surface area contributed by atoms with E-state index in [-0.39, 0.29) is 11.5 Å². The van der Waals surface area contributed by atoms with Gasteiger partial charge in [-0.2, -0.15) is 18.4 Å². The number of hydrogen-bond donors (Lipinski definition) is 0. The summed E-state index contributed by atoms with van der Waals surface area (Å²) in [6.07, 6.45) is -4.72. The van der Waals surface area contributed by atoms with E-state index in [1.807, 2.05) is 0 Å². The maximum Gasteiger partial charge on any atom is 0.417 e. The van der Waals surface area contributed by atoms with Crippen LogP contribution in [0.2, 0.25) is 0 Å². The van der Waals surface area contributed by atoms with Crippen molar-refractivity contribution in [1.82, 2.24) is 0 Å². The third kappa shape index (κ3) is 2.84. The van der Waals surface area contributed by atoms with Crippen molar-refractivity contribution >= 4 is 17.4 Å². The molecule has 0 bridgehead atoms. The number of alkyl halides is 3. The predicted molar refractivity (Wildman–Crippen MR) is 87.0 cm³/mol. The zero-order chi connectivity index (χ0) is 19.1. The fourth-order valence-corrected chi connectivity index (χ4v) is 3.18. The predicted octanol–water partition coefficient (Wildman–Crippen LogP) is 3.87. The summed E-state index contributed by atoms with van der Waals surface area (Å²) in [6, 6.07) is 12.6. The Hall–Kier alpha value is -3.14. The lowest BCUT2D eigenvalue weighted by Crippen LogP contribution is -2.57. The number of amides is 1. The first-order valence-electron chi connectivity index (χ1n) is 7.75. The Kier molecular flexibility index (Phi) is 4.28. The number of rotatable bonds is 3. The summed E-state index contributed by atoms with van der Waals surface area (Å²) in [4.78, 5) is 25.5. The molecule has 0 aromatic heterocycles. The summed E-state index contributed by atoms with van der Waals surface area (Å²) in [7, 11) is 0. The monoisotopic (exact) mass is 358 g/mol. The first kappa shape index (κ1) is 17.7. The number of β-lactam (4-membered cyclic amide) rings is 1. The molecule has 0 radical (unpaired) electrons. The van der Waals surface area contributed by atoms with Gasteiger partial charge in [-0.1, -0.05) is 30.3 Å². The van der Waals surface area contributed by atoms with Gasteiger partial charge in [0.05, 0.1) is 23.2 Å². The third-order valence-corrected chi connectivity index (χ3v) is 4.38. The molecule has 1 fully saturated rings. The Labute approximate surface area is 147 Å². The van der Waals surface area contributed by atoms with E-state index in [9.17, 15) is 22.8 Å². The van der Waals surface area contributed by atoms with Gasteiger partial charge < -0.3 is 4.90 Å². The first-order valence-corrected chi connectivity index (χ1v) is 7.75. The standard InChI is InChI=1S/C19H13F3N2O2/c1-11(25)16-17(12-5-3-2-4-6-12)24(18(16)26)14-8-7-13(10-23)15(9-14)19(20,21)22/h2-9,16-17H,1H3/t16-,17-/m0/s1. The van der Waals surface area contributed by atoms with Gasteiger partial charge in [0.2, 0.25) is 5.91 Å². The van der Waals surface area contributed by atoms with E-state index in [1.165, 1.54) is 24.0 Å². The lowest BCUT2D eigenvalue weighted by atomic mass is 9.79. The van der Waals surface area contributed by atoms with Gasteiger partial charge in [-0.25, -0.2) is 0 Å². The Balaban J connectivity index is 2.09. The van der Waals surface area contributed by atoms with Crippen molar-refractivity contribution in [3.05, 3.63) is 65.2 Å². The number of halogens is 3. The third-order valence-electron chi connectivity index (χ3n) is 4.38. The molecular formula is C19H13F3N2O2. The smallest absolute Gasteiger partial charge is 0.303 e. The van der Waals surface area contributed by atoms with Gasteiger partial charge >= 0.3 is 6.18 Å². The van der Waals surface area contributed by atoms with E-state index in [0.29, 0.717) is 5.56 Å². The average Bonchev–Trinajstić information content (AvgIpc) is 2.59. The van der Waals surface area contributed by atoms with Crippen LogP contribution in [0.15, 0.2) is 48.5 Å². The molecule has 0 spiro atoms. The molecule has 1 aliphatic heterocycles. The largest absolute Gasteiger partial charge is 0.417 e. The number of carbonyl (C=O) groups is 2. The highest BCUT2D eigenvalue weighted by atomic mass is 19.4. The summed E-state index contributed by atoms with van der Waals surface area (Å²) >= 11 is 0. The van der Waals surface area contributed by atoms with Crippen LogP contribution in [-0.2, 0) is 15.8 Å². The molecule has 0 N–H and O–H groups in total. The first-order chi connectivity index (χ1) is 12.3. The van der Waals surface area contributed by atoms with Crippen molar-refractivity contribution in [3.8, 4) is 6.07 Å². The molecule has 3 rings (SSSR count). The fraction of sp³-hybridized carbons (Fsp3) is 0.211. The summed E-state index contributed by atoms with van der Waals surface area (Å²) in [5.41, 5.74) is -0.963. The van der Waals surface area contributed by atoms with E-state index in [4.69, 9.17) is 5.26 Å². The molecule has 1 saturated heterocycles. The Morgan fingerprint density at radius 3 is 2.35 bits per heavy atom. The summed E-state index contributed by atoms with van der Waals surface area (Å²) in [5, 5.41) is 8.90. The summed E-state index contributed by atoms with van der Waals surface area (Å²) in [5.74, 6) is -1.82. The Morgan fingerprint density at radius 2 is 1.81 bits per heavy atom. The number of anilines is 1. The summed E-state index contributed by atoms with van der Waals surface area (Å²) < 4.78 is 39.6. The maximum atomic E-state index is 13.2. The molecule has 0 unspecified atom stereocenters. The number of benzene rings is 2. The van der Waals surface area contributed by atoms with Crippen molar-refractivity contribution in [2.75, 3.05) is 4.90 Å². The normalized spacial score (nSPS) is 19.7. The highest BCUT2D eigenvalue weighted by Crippen LogP contribution is 2.45. The van der Waals surface area contributed by atoms with E-state index in [1.54, 1.807) is 30.3 Å². The van der Waals surface area contributed by atoms with Gasteiger partial charge in [-0.3, -0.25) is 9.59 Å². The molecular weight excluding hydrogens is 345 g/mol. The van der Waals surface area contributed by atoms with Crippen LogP contribution in [0.4, 0.5) is 18.9 Å². The lowest BCUT2D eigenvalue weighted by molar-refractivity contribution is -0.140. The van der Waals surface area contributed by atoms with Crippen LogP contribution in [-0.4, -0.2) is 11.7 Å². The second kappa shape index (κ2) is 6.30. The van der Waals surface area contributed by atoms with Gasteiger partial charge in [0.25, 0.3) is 0 Å². The second-order valence-corrected chi connectivity index (χ2v) is 5.99. The molecule has 1 amide bonds. The number of Topliss-reactive ketones (excluding diaryl/α,β-unsaturated/α-hetero) is 1. The summed E-state index contributed by atoms with van der Waals surface area (Å²) in [6.45, 7) is 1.29. The van der Waals surface area contributed by atoms with Crippen LogP contribution in [0, 0.1) is 17.2 Å².